The Morgan fingerprint density at radius 3 is 1.07 bits per heavy atom. The lowest BCUT2D eigenvalue weighted by Crippen LogP contribution is -2.41. The van der Waals surface area contributed by atoms with Gasteiger partial charge in [-0.15, -0.1) is 0 Å². The van der Waals surface area contributed by atoms with E-state index in [1.165, 1.54) is 161 Å². The second-order valence-corrected chi connectivity index (χ2v) is 19.2. The summed E-state index contributed by atoms with van der Waals surface area (Å²) in [6.45, 7) is 6.46. The van der Waals surface area contributed by atoms with Crippen LogP contribution in [0, 0.1) is 5.92 Å². The van der Waals surface area contributed by atoms with Crippen molar-refractivity contribution in [3.05, 3.63) is 0 Å². The lowest BCUT2D eigenvalue weighted by atomic mass is 9.95. The lowest BCUT2D eigenvalue weighted by molar-refractivity contribution is -0.123. The first-order valence-corrected chi connectivity index (χ1v) is 25.4. The van der Waals surface area contributed by atoms with Crippen LogP contribution in [0.4, 0.5) is 0 Å². The number of rotatable bonds is 45. The van der Waals surface area contributed by atoms with Crippen molar-refractivity contribution in [1.82, 2.24) is 5.32 Å². The average molecular weight is 841 g/mol. The highest BCUT2D eigenvalue weighted by molar-refractivity contribution is 5.76. The molecule has 0 aliphatic carbocycles. The largest absolute Gasteiger partial charge is 0.393 e. The molecule has 1 amide bonds. The average Bonchev–Trinajstić information content (AvgIpc) is 3.18. The van der Waals surface area contributed by atoms with Crippen LogP contribution in [-0.2, 0) is 4.79 Å². The molecule has 0 aliphatic heterocycles. The maximum atomic E-state index is 12.1. The fourth-order valence-corrected chi connectivity index (χ4v) is 8.35. The Labute approximate surface area is 365 Å². The number of aliphatic hydroxyl groups excluding tert-OH is 3. The number of carbonyl (C=O) groups is 1. The van der Waals surface area contributed by atoms with Gasteiger partial charge in [-0.3, -0.25) is 4.79 Å². The van der Waals surface area contributed by atoms with E-state index in [1.54, 1.807) is 0 Å². The molecule has 0 saturated carbocycles. The number of amides is 1. The number of carbonyl (C=O) groups excluding carboxylic acids is 1. The number of nitrogens with one attached hydrogen (secondary N) is 1. The molecule has 0 rings (SSSR count). The highest BCUT2D eigenvalue weighted by Crippen LogP contribution is 2.18. The van der Waals surface area contributed by atoms with Crippen LogP contribution in [0.3, 0.4) is 0 Å². The highest BCUT2D eigenvalue weighted by Gasteiger charge is 2.23. The van der Waals surface area contributed by atoms with Gasteiger partial charge in [-0.1, -0.05) is 168 Å². The molecule has 10 heteroatoms. The third kappa shape index (κ3) is 39.7. The van der Waals surface area contributed by atoms with Gasteiger partial charge in [0.15, 0.2) is 0 Å². The van der Waals surface area contributed by atoms with Gasteiger partial charge in [-0.05, 0) is 70.1 Å². The number of nitrogens with two attached hydrogens (primary N) is 5. The zero-order valence-electron chi connectivity index (χ0n) is 39.3. The molecule has 0 spiro atoms. The van der Waals surface area contributed by atoms with Gasteiger partial charge in [-0.2, -0.15) is 0 Å². The Hall–Kier alpha value is -0.850. The fourth-order valence-electron chi connectivity index (χ4n) is 8.35. The van der Waals surface area contributed by atoms with Crippen LogP contribution < -0.4 is 34.0 Å². The van der Waals surface area contributed by atoms with Crippen molar-refractivity contribution in [3.63, 3.8) is 0 Å². The van der Waals surface area contributed by atoms with E-state index >= 15 is 0 Å². The highest BCUT2D eigenvalue weighted by atomic mass is 16.3. The van der Waals surface area contributed by atoms with Crippen molar-refractivity contribution in [1.29, 1.82) is 0 Å². The molecule has 14 N–H and O–H groups in total. The second kappa shape index (κ2) is 41.2. The van der Waals surface area contributed by atoms with Crippen LogP contribution in [0.5, 0.6) is 0 Å². The molecule has 354 valence electrons. The summed E-state index contributed by atoms with van der Waals surface area (Å²) in [5.41, 5.74) is 31.4. The molecular weight excluding hydrogens is 737 g/mol. The van der Waals surface area contributed by atoms with E-state index < -0.39 is 24.4 Å². The van der Waals surface area contributed by atoms with E-state index in [0.29, 0.717) is 37.1 Å². The molecule has 10 nitrogen and oxygen atoms in total. The summed E-state index contributed by atoms with van der Waals surface area (Å²) in [7, 11) is 0. The molecule has 0 heterocycles. The minimum Gasteiger partial charge on any atom is -0.393 e. The van der Waals surface area contributed by atoms with E-state index in [4.69, 9.17) is 28.7 Å². The zero-order chi connectivity index (χ0) is 43.9. The molecule has 0 aromatic heterocycles. The summed E-state index contributed by atoms with van der Waals surface area (Å²) in [6.07, 6.45) is 37.1. The summed E-state index contributed by atoms with van der Waals surface area (Å²) in [6, 6.07) is 1.03. The molecule has 8 atom stereocenters. The number of hydrogen-bond donors (Lipinski definition) is 9. The molecule has 0 aromatic rings. The minimum absolute atomic E-state index is 0.0764. The monoisotopic (exact) mass is 841 g/mol. The van der Waals surface area contributed by atoms with Crippen LogP contribution in [0.2, 0.25) is 0 Å². The topological polar surface area (TPSA) is 220 Å². The number of unbranched alkanes of at least 4 members (excludes halogenated alkanes) is 18. The van der Waals surface area contributed by atoms with Gasteiger partial charge in [-0.25, -0.2) is 0 Å². The SMILES string of the molecule is CCCCCC(N)CCCCCCCC(N)CCCCCCCC(N)CCCCCCCC(N)CCCCCCCC(O)CCNC(=O)CC(O)CC(O)C(N)C(C)C. The van der Waals surface area contributed by atoms with Crippen molar-refractivity contribution in [2.45, 2.75) is 294 Å². The summed E-state index contributed by atoms with van der Waals surface area (Å²) in [5.74, 6) is -0.183. The Morgan fingerprint density at radius 2 is 0.746 bits per heavy atom. The Bertz CT molecular complexity index is 901. The van der Waals surface area contributed by atoms with Crippen LogP contribution in [0.1, 0.15) is 245 Å². The first-order valence-electron chi connectivity index (χ1n) is 25.4. The van der Waals surface area contributed by atoms with Gasteiger partial charge in [0.25, 0.3) is 0 Å². The minimum atomic E-state index is -0.937. The molecule has 59 heavy (non-hydrogen) atoms. The van der Waals surface area contributed by atoms with E-state index in [0.717, 1.165) is 44.9 Å². The molecule has 0 bridgehead atoms. The van der Waals surface area contributed by atoms with Crippen LogP contribution in [0.25, 0.3) is 0 Å². The second-order valence-electron chi connectivity index (χ2n) is 19.2. The summed E-state index contributed by atoms with van der Waals surface area (Å²) < 4.78 is 0. The third-order valence-electron chi connectivity index (χ3n) is 12.7. The maximum Gasteiger partial charge on any atom is 0.222 e. The van der Waals surface area contributed by atoms with Crippen molar-refractivity contribution >= 4 is 5.91 Å². The van der Waals surface area contributed by atoms with E-state index in [9.17, 15) is 20.1 Å². The molecule has 0 aromatic carbocycles. The van der Waals surface area contributed by atoms with E-state index in [-0.39, 0.29) is 24.7 Å². The Balaban J connectivity index is 3.51. The van der Waals surface area contributed by atoms with Gasteiger partial charge in [0.2, 0.25) is 5.91 Å². The van der Waals surface area contributed by atoms with Crippen LogP contribution >= 0.6 is 0 Å². The summed E-state index contributed by atoms with van der Waals surface area (Å²) in [4.78, 5) is 12.1. The quantitative estimate of drug-likeness (QED) is 0.0267. The number of hydrogen-bond acceptors (Lipinski definition) is 9. The van der Waals surface area contributed by atoms with Crippen molar-refractivity contribution in [3.8, 4) is 0 Å². The predicted molar refractivity (Wildman–Crippen MR) is 253 cm³/mol. The van der Waals surface area contributed by atoms with Gasteiger partial charge in [0, 0.05) is 43.2 Å². The van der Waals surface area contributed by atoms with Crippen molar-refractivity contribution < 1.29 is 20.1 Å². The molecule has 0 aliphatic rings. The van der Waals surface area contributed by atoms with Crippen molar-refractivity contribution in [2.75, 3.05) is 6.54 Å². The number of aliphatic hydroxyl groups is 3. The molecule has 0 radical (unpaired) electrons. The molecule has 0 fully saturated rings. The Kier molecular flexibility index (Phi) is 40.6. The Morgan fingerprint density at radius 1 is 0.441 bits per heavy atom. The maximum absolute atomic E-state index is 12.1. The van der Waals surface area contributed by atoms with Gasteiger partial charge < -0.3 is 49.3 Å². The molecule has 8 unspecified atom stereocenters. The van der Waals surface area contributed by atoms with Crippen LogP contribution in [0.15, 0.2) is 0 Å². The lowest BCUT2D eigenvalue weighted by Gasteiger charge is -2.24. The molecule has 0 saturated heterocycles. The van der Waals surface area contributed by atoms with Crippen molar-refractivity contribution in [2.24, 2.45) is 34.6 Å². The van der Waals surface area contributed by atoms with Gasteiger partial charge in [0.05, 0.1) is 24.7 Å². The first-order chi connectivity index (χ1) is 28.3. The third-order valence-corrected chi connectivity index (χ3v) is 12.7. The van der Waals surface area contributed by atoms with Crippen LogP contribution in [-0.4, -0.2) is 76.3 Å². The van der Waals surface area contributed by atoms with E-state index in [1.807, 2.05) is 13.8 Å². The molecular formula is C49H104N6O4. The van der Waals surface area contributed by atoms with E-state index in [2.05, 4.69) is 12.2 Å². The van der Waals surface area contributed by atoms with Gasteiger partial charge >= 0.3 is 0 Å². The van der Waals surface area contributed by atoms with Gasteiger partial charge in [0.1, 0.15) is 0 Å². The normalized spacial score (nSPS) is 16.1. The summed E-state index contributed by atoms with van der Waals surface area (Å²) >= 11 is 0. The first kappa shape index (κ1) is 58.1. The standard InChI is InChI=1S/C49H104N6O4/c1-4-5-18-27-41(50)28-19-10-6-11-20-29-42(51)30-21-12-7-13-22-31-43(52)32-23-14-8-15-24-33-44(53)34-25-16-9-17-26-35-45(56)36-37-55-48(59)39-46(57)38-47(58)49(54)40(2)3/h40-47,49,56-58H,4-39,50-54H2,1-3H3,(H,55,59). The fraction of sp³-hybridized carbons (Fsp3) is 0.980. The predicted octanol–water partition coefficient (Wildman–Crippen LogP) is 9.15. The summed E-state index contributed by atoms with van der Waals surface area (Å²) in [5, 5.41) is 33.2. The smallest absolute Gasteiger partial charge is 0.222 e. The zero-order valence-corrected chi connectivity index (χ0v) is 39.3.